The van der Waals surface area contributed by atoms with E-state index in [1.165, 1.54) is 6.07 Å². The molecule has 0 aliphatic rings. The van der Waals surface area contributed by atoms with Crippen molar-refractivity contribution in [2.24, 2.45) is 0 Å². The van der Waals surface area contributed by atoms with Crippen LogP contribution in [0, 0.1) is 18.2 Å². The molecule has 0 aliphatic heterocycles. The standard InChI is InChI=1S/C12H14FNO/c1-3-7-14(4-2)12-6-5-10(9-15)8-11(12)13/h1,5-6,8,15H,4,7,9H2,2H3. The summed E-state index contributed by atoms with van der Waals surface area (Å²) >= 11 is 0. The fourth-order valence-corrected chi connectivity index (χ4v) is 1.38. The number of halogens is 1. The molecule has 1 aromatic rings. The van der Waals surface area contributed by atoms with Gasteiger partial charge in [-0.25, -0.2) is 4.39 Å². The molecule has 0 atom stereocenters. The molecule has 0 fully saturated rings. The number of anilines is 1. The summed E-state index contributed by atoms with van der Waals surface area (Å²) in [6.45, 7) is 2.79. The van der Waals surface area contributed by atoms with Gasteiger partial charge in [-0.05, 0) is 24.6 Å². The first kappa shape index (κ1) is 11.5. The molecule has 0 unspecified atom stereocenters. The minimum atomic E-state index is -0.348. The van der Waals surface area contributed by atoms with E-state index < -0.39 is 0 Å². The average molecular weight is 207 g/mol. The van der Waals surface area contributed by atoms with Gasteiger partial charge in [0.25, 0.3) is 0 Å². The Balaban J connectivity index is 2.98. The molecule has 0 saturated heterocycles. The number of terminal acetylenes is 1. The van der Waals surface area contributed by atoms with Crippen molar-refractivity contribution in [2.45, 2.75) is 13.5 Å². The Kier molecular flexibility index (Phi) is 4.14. The minimum absolute atomic E-state index is 0.154. The average Bonchev–Trinajstić information content (AvgIpc) is 2.26. The minimum Gasteiger partial charge on any atom is -0.392 e. The SMILES string of the molecule is C#CCN(CC)c1ccc(CO)cc1F. The molecule has 1 aromatic carbocycles. The normalized spacial score (nSPS) is 9.73. The molecule has 3 heteroatoms. The van der Waals surface area contributed by atoms with Gasteiger partial charge in [0.1, 0.15) is 5.82 Å². The van der Waals surface area contributed by atoms with Crippen molar-refractivity contribution in [3.05, 3.63) is 29.6 Å². The first-order chi connectivity index (χ1) is 7.22. The molecule has 0 radical (unpaired) electrons. The van der Waals surface area contributed by atoms with Crippen LogP contribution < -0.4 is 4.90 Å². The van der Waals surface area contributed by atoms with Crippen molar-refractivity contribution >= 4 is 5.69 Å². The quantitative estimate of drug-likeness (QED) is 0.761. The summed E-state index contributed by atoms with van der Waals surface area (Å²) in [5.74, 6) is 2.13. The number of rotatable bonds is 4. The molecule has 1 N–H and O–H groups in total. The van der Waals surface area contributed by atoms with Gasteiger partial charge in [0.05, 0.1) is 18.8 Å². The van der Waals surface area contributed by atoms with E-state index in [-0.39, 0.29) is 12.4 Å². The molecule has 0 aromatic heterocycles. The van der Waals surface area contributed by atoms with Gasteiger partial charge in [0, 0.05) is 6.54 Å². The zero-order valence-electron chi connectivity index (χ0n) is 8.70. The van der Waals surface area contributed by atoms with Crippen molar-refractivity contribution in [3.8, 4) is 12.3 Å². The Labute approximate surface area is 89.3 Å². The lowest BCUT2D eigenvalue weighted by Crippen LogP contribution is -2.23. The third kappa shape index (κ3) is 2.71. The van der Waals surface area contributed by atoms with Crippen LogP contribution in [-0.2, 0) is 6.61 Å². The highest BCUT2D eigenvalue weighted by Gasteiger charge is 2.09. The van der Waals surface area contributed by atoms with Crippen LogP contribution in [0.3, 0.4) is 0 Å². The first-order valence-electron chi connectivity index (χ1n) is 4.80. The molecule has 1 rings (SSSR count). The summed E-state index contributed by atoms with van der Waals surface area (Å²) in [6, 6.07) is 4.66. The monoisotopic (exact) mass is 207 g/mol. The highest BCUT2D eigenvalue weighted by molar-refractivity contribution is 5.50. The second kappa shape index (κ2) is 5.38. The summed E-state index contributed by atoms with van der Waals surface area (Å²) < 4.78 is 13.6. The Morgan fingerprint density at radius 3 is 2.73 bits per heavy atom. The van der Waals surface area contributed by atoms with Crippen LogP contribution in [0.2, 0.25) is 0 Å². The van der Waals surface area contributed by atoms with Gasteiger partial charge in [-0.3, -0.25) is 0 Å². The zero-order chi connectivity index (χ0) is 11.3. The number of nitrogens with zero attached hydrogens (tertiary/aromatic N) is 1. The molecule has 2 nitrogen and oxygen atoms in total. The predicted octanol–water partition coefficient (Wildman–Crippen LogP) is 1.78. The molecule has 0 saturated carbocycles. The first-order valence-corrected chi connectivity index (χ1v) is 4.80. The van der Waals surface area contributed by atoms with Gasteiger partial charge >= 0.3 is 0 Å². The maximum absolute atomic E-state index is 13.6. The number of benzene rings is 1. The molecular formula is C12H14FNO. The van der Waals surface area contributed by atoms with Gasteiger partial charge < -0.3 is 10.0 Å². The Bertz CT molecular complexity index is 370. The highest BCUT2D eigenvalue weighted by atomic mass is 19.1. The van der Waals surface area contributed by atoms with Crippen molar-refractivity contribution in [1.82, 2.24) is 0 Å². The summed E-state index contributed by atoms with van der Waals surface area (Å²) in [6.07, 6.45) is 5.19. The van der Waals surface area contributed by atoms with Crippen LogP contribution in [0.5, 0.6) is 0 Å². The topological polar surface area (TPSA) is 23.5 Å². The van der Waals surface area contributed by atoms with Gasteiger partial charge in [0.2, 0.25) is 0 Å². The van der Waals surface area contributed by atoms with E-state index in [0.29, 0.717) is 24.3 Å². The van der Waals surface area contributed by atoms with E-state index in [0.717, 1.165) is 0 Å². The van der Waals surface area contributed by atoms with E-state index >= 15 is 0 Å². The van der Waals surface area contributed by atoms with Crippen LogP contribution in [0.25, 0.3) is 0 Å². The molecule has 0 spiro atoms. The third-order valence-electron chi connectivity index (χ3n) is 2.20. The smallest absolute Gasteiger partial charge is 0.146 e. The maximum Gasteiger partial charge on any atom is 0.146 e. The van der Waals surface area contributed by atoms with E-state index in [9.17, 15) is 4.39 Å². The highest BCUT2D eigenvalue weighted by Crippen LogP contribution is 2.20. The second-order valence-corrected chi connectivity index (χ2v) is 3.16. The summed E-state index contributed by atoms with van der Waals surface area (Å²) in [4.78, 5) is 1.76. The fourth-order valence-electron chi connectivity index (χ4n) is 1.38. The van der Waals surface area contributed by atoms with Gasteiger partial charge in [-0.1, -0.05) is 12.0 Å². The lowest BCUT2D eigenvalue weighted by Gasteiger charge is -2.21. The molecular weight excluding hydrogens is 193 g/mol. The summed E-state index contributed by atoms with van der Waals surface area (Å²) in [5.41, 5.74) is 1.04. The van der Waals surface area contributed by atoms with E-state index in [1.54, 1.807) is 17.0 Å². The Morgan fingerprint density at radius 2 is 2.27 bits per heavy atom. The van der Waals surface area contributed by atoms with Gasteiger partial charge in [0.15, 0.2) is 0 Å². The number of aliphatic hydroxyl groups is 1. The van der Waals surface area contributed by atoms with Crippen LogP contribution in [0.4, 0.5) is 10.1 Å². The van der Waals surface area contributed by atoms with E-state index in [2.05, 4.69) is 5.92 Å². The number of aliphatic hydroxyl groups excluding tert-OH is 1. The third-order valence-corrected chi connectivity index (χ3v) is 2.20. The summed E-state index contributed by atoms with van der Waals surface area (Å²) in [7, 11) is 0. The molecule has 0 aliphatic carbocycles. The molecule has 0 bridgehead atoms. The van der Waals surface area contributed by atoms with Gasteiger partial charge in [-0.15, -0.1) is 6.42 Å². The molecule has 80 valence electrons. The number of hydrogen-bond donors (Lipinski definition) is 1. The van der Waals surface area contributed by atoms with E-state index in [1.807, 2.05) is 6.92 Å². The van der Waals surface area contributed by atoms with Crippen molar-refractivity contribution in [2.75, 3.05) is 18.0 Å². The summed E-state index contributed by atoms with van der Waals surface area (Å²) in [5, 5.41) is 8.84. The van der Waals surface area contributed by atoms with Crippen LogP contribution in [-0.4, -0.2) is 18.2 Å². The second-order valence-electron chi connectivity index (χ2n) is 3.16. The van der Waals surface area contributed by atoms with Crippen molar-refractivity contribution < 1.29 is 9.50 Å². The Morgan fingerprint density at radius 1 is 1.53 bits per heavy atom. The largest absolute Gasteiger partial charge is 0.392 e. The maximum atomic E-state index is 13.6. The Hall–Kier alpha value is -1.53. The molecule has 15 heavy (non-hydrogen) atoms. The van der Waals surface area contributed by atoms with Crippen LogP contribution in [0.1, 0.15) is 12.5 Å². The molecule has 0 amide bonds. The number of hydrogen-bond acceptors (Lipinski definition) is 2. The van der Waals surface area contributed by atoms with Crippen LogP contribution in [0.15, 0.2) is 18.2 Å². The lowest BCUT2D eigenvalue weighted by atomic mass is 10.2. The van der Waals surface area contributed by atoms with Crippen molar-refractivity contribution in [3.63, 3.8) is 0 Å². The van der Waals surface area contributed by atoms with Gasteiger partial charge in [-0.2, -0.15) is 0 Å². The fraction of sp³-hybridized carbons (Fsp3) is 0.333. The van der Waals surface area contributed by atoms with Crippen LogP contribution >= 0.6 is 0 Å². The lowest BCUT2D eigenvalue weighted by molar-refractivity contribution is 0.281. The molecule has 0 heterocycles. The van der Waals surface area contributed by atoms with Crippen molar-refractivity contribution in [1.29, 1.82) is 0 Å². The van der Waals surface area contributed by atoms with E-state index in [4.69, 9.17) is 11.5 Å². The zero-order valence-corrected chi connectivity index (χ0v) is 8.70. The predicted molar refractivity (Wildman–Crippen MR) is 59.0 cm³/mol.